The first-order chi connectivity index (χ1) is 19.7. The van der Waals surface area contributed by atoms with Crippen LogP contribution in [-0.2, 0) is 36.1 Å². The van der Waals surface area contributed by atoms with Gasteiger partial charge in [0.2, 0.25) is 11.8 Å². The second-order valence-corrected chi connectivity index (χ2v) is 12.1. The number of rotatable bonds is 17. The second kappa shape index (κ2) is 15.6. The molecule has 0 aliphatic carbocycles. The van der Waals surface area contributed by atoms with Crippen molar-refractivity contribution in [2.45, 2.75) is 37.2 Å². The molecule has 0 saturated heterocycles. The molecule has 16 nitrogen and oxygen atoms in total. The Morgan fingerprint density at radius 2 is 1.33 bits per heavy atom. The van der Waals surface area contributed by atoms with Gasteiger partial charge >= 0.3 is 11.9 Å². The zero-order valence-electron chi connectivity index (χ0n) is 21.9. The van der Waals surface area contributed by atoms with E-state index in [1.54, 1.807) is 0 Å². The Morgan fingerprint density at radius 3 is 1.71 bits per heavy atom. The first-order valence-corrected chi connectivity index (χ1v) is 14.9. The van der Waals surface area contributed by atoms with E-state index in [2.05, 4.69) is 28.3 Å². The maximum atomic E-state index is 14.1. The van der Waals surface area contributed by atoms with E-state index in [1.807, 2.05) is 0 Å². The smallest absolute Gasteiger partial charge is 0.322 e. The molecule has 0 aliphatic heterocycles. The number of benzene rings is 2. The van der Waals surface area contributed by atoms with E-state index in [-0.39, 0.29) is 35.9 Å². The van der Waals surface area contributed by atoms with E-state index in [0.29, 0.717) is 11.1 Å². The van der Waals surface area contributed by atoms with Gasteiger partial charge in [0.05, 0.1) is 9.85 Å². The van der Waals surface area contributed by atoms with Crippen molar-refractivity contribution < 1.29 is 43.8 Å². The van der Waals surface area contributed by atoms with Gasteiger partial charge < -0.3 is 25.4 Å². The minimum absolute atomic E-state index is 0.169. The summed E-state index contributed by atoms with van der Waals surface area (Å²) in [5, 5.41) is 47.5. The number of nitro groups is 2. The summed E-state index contributed by atoms with van der Waals surface area (Å²) < 4.78 is 14.1. The molecule has 42 heavy (non-hydrogen) atoms. The van der Waals surface area contributed by atoms with Gasteiger partial charge in [-0.2, -0.15) is 12.6 Å². The Labute approximate surface area is 244 Å². The first-order valence-electron chi connectivity index (χ1n) is 12.2. The van der Waals surface area contributed by atoms with Crippen LogP contribution < -0.4 is 15.7 Å². The number of nitrogens with one attached hydrogen (secondary N) is 3. The number of thiol groups is 1. The van der Waals surface area contributed by atoms with Crippen LogP contribution in [0.3, 0.4) is 0 Å². The third-order valence-corrected chi connectivity index (χ3v) is 8.67. The Kier molecular flexibility index (Phi) is 12.6. The van der Waals surface area contributed by atoms with Crippen LogP contribution in [0.2, 0.25) is 0 Å². The van der Waals surface area contributed by atoms with Crippen molar-refractivity contribution >= 4 is 55.0 Å². The zero-order valence-corrected chi connectivity index (χ0v) is 23.7. The Morgan fingerprint density at radius 1 is 0.857 bits per heavy atom. The molecule has 2 amide bonds. The fraction of sp³-hybridized carbons (Fsp3) is 0.333. The van der Waals surface area contributed by atoms with Gasteiger partial charge in [0.15, 0.2) is 7.29 Å². The zero-order chi connectivity index (χ0) is 31.4. The molecule has 0 unspecified atom stereocenters. The van der Waals surface area contributed by atoms with E-state index in [1.165, 1.54) is 48.5 Å². The predicted octanol–water partition coefficient (Wildman–Crippen LogP) is 1.92. The van der Waals surface area contributed by atoms with Gasteiger partial charge in [-0.1, -0.05) is 24.3 Å². The second-order valence-electron chi connectivity index (χ2n) is 9.03. The van der Waals surface area contributed by atoms with Gasteiger partial charge in [-0.25, -0.2) is 0 Å². The summed E-state index contributed by atoms with van der Waals surface area (Å²) in [7, 11) is -3.71. The number of nitrogens with zero attached hydrogens (tertiary/aromatic N) is 2. The van der Waals surface area contributed by atoms with E-state index < -0.39 is 65.9 Å². The first kappa shape index (κ1) is 33.9. The Hall–Kier alpha value is -4.34. The van der Waals surface area contributed by atoms with Crippen molar-refractivity contribution in [3.8, 4) is 0 Å². The van der Waals surface area contributed by atoms with Gasteiger partial charge in [0, 0.05) is 48.8 Å². The number of carboxylic acids is 2. The Balaban J connectivity index is 2.22. The molecule has 226 valence electrons. The fourth-order valence-electron chi connectivity index (χ4n) is 3.73. The lowest BCUT2D eigenvalue weighted by Gasteiger charge is -2.25. The van der Waals surface area contributed by atoms with Gasteiger partial charge in [-0.3, -0.25) is 44.5 Å². The number of nitro benzene ring substituents is 2. The molecule has 0 aromatic heterocycles. The molecule has 0 spiro atoms. The standard InChI is InChI=1S/C24H28N5O11PS/c30-21(26-20(14-42)23(33)25-11-22(31)32)10-9-19(24(34)35)27-41(40,12-15-1-5-17(6-2-15)28(36)37)13-16-3-7-18(8-4-16)29(38)39/h1-8,19-20,42H,9-14H2,(H,25,33)(H,26,30)(H,27,40)(H,31,32)(H,34,35)/t19-,20-/m0/s1. The maximum Gasteiger partial charge on any atom is 0.322 e. The van der Waals surface area contributed by atoms with Crippen LogP contribution in [0.5, 0.6) is 0 Å². The Bertz CT molecular complexity index is 1310. The summed E-state index contributed by atoms with van der Waals surface area (Å²) in [6.07, 6.45) is -1.25. The van der Waals surface area contributed by atoms with Gasteiger partial charge in [-0.05, 0) is 17.5 Å². The summed E-state index contributed by atoms with van der Waals surface area (Å²) in [5.74, 6) is -4.44. The number of hydrogen-bond donors (Lipinski definition) is 6. The summed E-state index contributed by atoms with van der Waals surface area (Å²) in [5.41, 5.74) is 0.374. The van der Waals surface area contributed by atoms with Crippen molar-refractivity contribution in [2.75, 3.05) is 12.3 Å². The molecule has 0 bridgehead atoms. The van der Waals surface area contributed by atoms with Crippen LogP contribution in [0, 0.1) is 20.2 Å². The molecule has 2 aromatic rings. The number of hydrogen-bond acceptors (Lipinski definition) is 10. The summed E-state index contributed by atoms with van der Waals surface area (Å²) >= 11 is 3.96. The molecular weight excluding hydrogens is 597 g/mol. The number of carbonyl (C=O) groups is 4. The maximum absolute atomic E-state index is 14.1. The van der Waals surface area contributed by atoms with Crippen LogP contribution >= 0.6 is 19.9 Å². The minimum Gasteiger partial charge on any atom is -0.480 e. The lowest BCUT2D eigenvalue weighted by Crippen LogP contribution is -2.49. The largest absolute Gasteiger partial charge is 0.480 e. The highest BCUT2D eigenvalue weighted by Gasteiger charge is 2.31. The summed E-state index contributed by atoms with van der Waals surface area (Å²) in [6, 6.07) is 7.61. The van der Waals surface area contributed by atoms with Crippen LogP contribution in [0.25, 0.3) is 0 Å². The molecule has 0 heterocycles. The number of aliphatic carboxylic acids is 2. The van der Waals surface area contributed by atoms with E-state index in [9.17, 15) is 49.1 Å². The van der Waals surface area contributed by atoms with Crippen molar-refractivity contribution in [2.24, 2.45) is 0 Å². The number of carboxylic acid groups (broad SMARTS) is 2. The average molecular weight is 626 g/mol. The van der Waals surface area contributed by atoms with Crippen LogP contribution in [-0.4, -0.2) is 68.2 Å². The van der Waals surface area contributed by atoms with E-state index in [0.717, 1.165) is 0 Å². The molecule has 2 atom stereocenters. The van der Waals surface area contributed by atoms with Crippen LogP contribution in [0.1, 0.15) is 24.0 Å². The normalized spacial score (nSPS) is 12.5. The number of amides is 2. The fourth-order valence-corrected chi connectivity index (χ4v) is 6.69. The molecule has 0 saturated carbocycles. The van der Waals surface area contributed by atoms with Crippen molar-refractivity contribution in [1.82, 2.24) is 15.7 Å². The van der Waals surface area contributed by atoms with Crippen LogP contribution in [0.15, 0.2) is 48.5 Å². The highest BCUT2D eigenvalue weighted by Crippen LogP contribution is 2.49. The molecule has 0 fully saturated rings. The number of carbonyl (C=O) groups excluding carboxylic acids is 2. The minimum atomic E-state index is -3.71. The van der Waals surface area contributed by atoms with E-state index >= 15 is 0 Å². The molecular formula is C24H28N5O11PS. The molecule has 0 aliphatic rings. The SMILES string of the molecule is O=C(O)CNC(=O)[C@H](CS)NC(=O)CC[C@H](NP(=O)(Cc1ccc([N+](=O)[O-])cc1)Cc1ccc([N+](=O)[O-])cc1)C(=O)O. The summed E-state index contributed by atoms with van der Waals surface area (Å²) in [6.45, 7) is -0.678. The van der Waals surface area contributed by atoms with Gasteiger partial charge in [0.1, 0.15) is 18.6 Å². The lowest BCUT2D eigenvalue weighted by molar-refractivity contribution is -0.385. The highest BCUT2D eigenvalue weighted by molar-refractivity contribution is 7.80. The summed E-state index contributed by atoms with van der Waals surface area (Å²) in [4.78, 5) is 68.0. The molecule has 0 radical (unpaired) electrons. The molecule has 2 aromatic carbocycles. The third-order valence-electron chi connectivity index (χ3n) is 5.77. The molecule has 2 rings (SSSR count). The average Bonchev–Trinajstić information content (AvgIpc) is 2.93. The van der Waals surface area contributed by atoms with Crippen molar-refractivity contribution in [3.05, 3.63) is 79.9 Å². The lowest BCUT2D eigenvalue weighted by atomic mass is 10.1. The molecule has 5 N–H and O–H groups in total. The topological polar surface area (TPSA) is 248 Å². The number of non-ortho nitro benzene ring substituents is 2. The van der Waals surface area contributed by atoms with Gasteiger partial charge in [0.25, 0.3) is 11.4 Å². The van der Waals surface area contributed by atoms with E-state index in [4.69, 9.17) is 5.11 Å². The van der Waals surface area contributed by atoms with Crippen LogP contribution in [0.4, 0.5) is 11.4 Å². The third kappa shape index (κ3) is 10.9. The highest BCUT2D eigenvalue weighted by atomic mass is 32.1. The molecule has 18 heteroatoms. The monoisotopic (exact) mass is 625 g/mol. The van der Waals surface area contributed by atoms with Gasteiger partial charge in [-0.15, -0.1) is 0 Å². The van der Waals surface area contributed by atoms with Crippen molar-refractivity contribution in [1.29, 1.82) is 0 Å². The van der Waals surface area contributed by atoms with Crippen molar-refractivity contribution in [3.63, 3.8) is 0 Å². The predicted molar refractivity (Wildman–Crippen MR) is 151 cm³/mol. The quantitative estimate of drug-likeness (QED) is 0.0639.